The van der Waals surface area contributed by atoms with Gasteiger partial charge in [-0.1, -0.05) is 0 Å². The monoisotopic (exact) mass is 390 g/mol. The Hall–Kier alpha value is -2.32. The Labute approximate surface area is 163 Å². The van der Waals surface area contributed by atoms with E-state index in [1.165, 1.54) is 23.0 Å². The summed E-state index contributed by atoms with van der Waals surface area (Å²) in [5.74, 6) is -0.800. The number of carbonyl (C=O) groups is 1. The summed E-state index contributed by atoms with van der Waals surface area (Å²) in [5.41, 5.74) is -0.285. The van der Waals surface area contributed by atoms with Crippen LogP contribution >= 0.6 is 0 Å². The molecule has 1 saturated heterocycles. The van der Waals surface area contributed by atoms with Gasteiger partial charge in [0, 0.05) is 25.2 Å². The minimum Gasteiger partial charge on any atom is -0.373 e. The molecule has 2 heterocycles. The Kier molecular flexibility index (Phi) is 5.81. The summed E-state index contributed by atoms with van der Waals surface area (Å²) >= 11 is 0. The Balaban J connectivity index is 1.65. The molecule has 1 aliphatic heterocycles. The van der Waals surface area contributed by atoms with E-state index >= 15 is 0 Å². The lowest BCUT2D eigenvalue weighted by molar-refractivity contribution is -0.123. The molecule has 1 N–H and O–H groups in total. The fourth-order valence-electron chi connectivity index (χ4n) is 3.55. The van der Waals surface area contributed by atoms with Gasteiger partial charge in [-0.3, -0.25) is 19.1 Å². The largest absolute Gasteiger partial charge is 0.373 e. The molecule has 28 heavy (non-hydrogen) atoms. The zero-order chi connectivity index (χ0) is 20.5. The molecule has 152 valence electrons. The average molecular weight is 390 g/mol. The maximum absolute atomic E-state index is 13.4. The lowest BCUT2D eigenvalue weighted by Gasteiger charge is -2.45. The number of nitrogens with one attached hydrogen (secondary N) is 1. The van der Waals surface area contributed by atoms with E-state index in [9.17, 15) is 14.0 Å². The highest BCUT2D eigenvalue weighted by Crippen LogP contribution is 2.20. The fraction of sp³-hybridized carbons (Fsp3) is 0.550. The zero-order valence-corrected chi connectivity index (χ0v) is 16.7. The van der Waals surface area contributed by atoms with Crippen molar-refractivity contribution >= 4 is 16.8 Å². The molecule has 0 radical (unpaired) electrons. The normalized spacial score (nSPS) is 21.0. The van der Waals surface area contributed by atoms with E-state index in [2.05, 4.69) is 29.0 Å². The number of carbonyl (C=O) groups excluding carboxylic acids is 1. The van der Waals surface area contributed by atoms with Crippen molar-refractivity contribution in [2.45, 2.75) is 52.0 Å². The van der Waals surface area contributed by atoms with E-state index < -0.39 is 11.4 Å². The van der Waals surface area contributed by atoms with E-state index in [1.54, 1.807) is 0 Å². The first-order valence-electron chi connectivity index (χ1n) is 9.47. The van der Waals surface area contributed by atoms with Gasteiger partial charge in [0.05, 0.1) is 29.4 Å². The van der Waals surface area contributed by atoms with Crippen molar-refractivity contribution in [3.8, 4) is 0 Å². The van der Waals surface area contributed by atoms with Crippen molar-refractivity contribution in [1.82, 2.24) is 19.8 Å². The summed E-state index contributed by atoms with van der Waals surface area (Å²) in [7, 11) is 0. The maximum Gasteiger partial charge on any atom is 0.261 e. The highest BCUT2D eigenvalue weighted by Gasteiger charge is 2.33. The van der Waals surface area contributed by atoms with E-state index in [1.807, 2.05) is 13.8 Å². The summed E-state index contributed by atoms with van der Waals surface area (Å²) in [6.45, 7) is 10.1. The molecular weight excluding hydrogens is 363 g/mol. The van der Waals surface area contributed by atoms with Crippen molar-refractivity contribution in [2.24, 2.45) is 0 Å². The SMILES string of the molecule is CC1CN(C(C)(C)CNC(=O)Cn2cnc3ccc(F)cc3c2=O)CC(C)O1. The number of nitrogens with zero attached hydrogens (tertiary/aromatic N) is 3. The van der Waals surface area contributed by atoms with Crippen LogP contribution in [0.2, 0.25) is 0 Å². The topological polar surface area (TPSA) is 76.5 Å². The van der Waals surface area contributed by atoms with Gasteiger partial charge < -0.3 is 10.1 Å². The summed E-state index contributed by atoms with van der Waals surface area (Å²) in [5, 5.41) is 3.06. The Morgan fingerprint density at radius 2 is 2.00 bits per heavy atom. The molecule has 3 rings (SSSR count). The fourth-order valence-corrected chi connectivity index (χ4v) is 3.55. The second-order valence-corrected chi connectivity index (χ2v) is 8.09. The van der Waals surface area contributed by atoms with Crippen molar-refractivity contribution in [3.63, 3.8) is 0 Å². The van der Waals surface area contributed by atoms with Crippen LogP contribution in [0.5, 0.6) is 0 Å². The number of halogens is 1. The lowest BCUT2D eigenvalue weighted by Crippen LogP contribution is -2.58. The van der Waals surface area contributed by atoms with Gasteiger partial charge in [-0.15, -0.1) is 0 Å². The summed E-state index contributed by atoms with van der Waals surface area (Å²) < 4.78 is 20.4. The molecule has 7 nitrogen and oxygen atoms in total. The molecule has 2 aromatic rings. The van der Waals surface area contributed by atoms with Gasteiger partial charge in [0.1, 0.15) is 12.4 Å². The Morgan fingerprint density at radius 1 is 1.32 bits per heavy atom. The molecule has 0 aliphatic carbocycles. The second-order valence-electron chi connectivity index (χ2n) is 8.09. The molecule has 2 atom stereocenters. The van der Waals surface area contributed by atoms with Gasteiger partial charge in [0.2, 0.25) is 5.91 Å². The van der Waals surface area contributed by atoms with Crippen LogP contribution < -0.4 is 10.9 Å². The van der Waals surface area contributed by atoms with Crippen molar-refractivity contribution in [1.29, 1.82) is 0 Å². The summed E-state index contributed by atoms with van der Waals surface area (Å²) in [4.78, 5) is 31.3. The zero-order valence-electron chi connectivity index (χ0n) is 16.7. The number of hydrogen-bond acceptors (Lipinski definition) is 5. The summed E-state index contributed by atoms with van der Waals surface area (Å²) in [6, 6.07) is 3.84. The smallest absolute Gasteiger partial charge is 0.261 e. The third-order valence-electron chi connectivity index (χ3n) is 5.09. The first-order valence-corrected chi connectivity index (χ1v) is 9.47. The van der Waals surface area contributed by atoms with Crippen LogP contribution in [0.1, 0.15) is 27.7 Å². The van der Waals surface area contributed by atoms with Gasteiger partial charge in [0.15, 0.2) is 0 Å². The van der Waals surface area contributed by atoms with E-state index in [-0.39, 0.29) is 35.6 Å². The number of aromatic nitrogens is 2. The number of ether oxygens (including phenoxy) is 1. The Bertz CT molecular complexity index is 917. The molecule has 1 aromatic heterocycles. The van der Waals surface area contributed by atoms with Crippen LogP contribution in [0.3, 0.4) is 0 Å². The summed E-state index contributed by atoms with van der Waals surface area (Å²) in [6.07, 6.45) is 1.60. The number of rotatable bonds is 5. The molecule has 0 spiro atoms. The lowest BCUT2D eigenvalue weighted by atomic mass is 10.00. The van der Waals surface area contributed by atoms with Gasteiger partial charge >= 0.3 is 0 Å². The predicted molar refractivity (Wildman–Crippen MR) is 105 cm³/mol. The number of amides is 1. The highest BCUT2D eigenvalue weighted by molar-refractivity contribution is 5.79. The molecular formula is C20H27FN4O3. The van der Waals surface area contributed by atoms with Gasteiger partial charge in [-0.2, -0.15) is 0 Å². The van der Waals surface area contributed by atoms with Gasteiger partial charge in [-0.25, -0.2) is 9.37 Å². The number of fused-ring (bicyclic) bond motifs is 1. The molecule has 8 heteroatoms. The highest BCUT2D eigenvalue weighted by atomic mass is 19.1. The standard InChI is InChI=1S/C20H27FN4O3/c1-13-8-25(9-14(2)28-13)20(3,4)11-22-18(26)10-24-12-23-17-6-5-15(21)7-16(17)19(24)27/h5-7,12-14H,8-11H2,1-4H3,(H,22,26). The minimum absolute atomic E-state index is 0.140. The Morgan fingerprint density at radius 3 is 2.68 bits per heavy atom. The molecule has 0 bridgehead atoms. The number of benzene rings is 1. The van der Waals surface area contributed by atoms with Crippen LogP contribution in [0.15, 0.2) is 29.3 Å². The molecule has 0 saturated carbocycles. The van der Waals surface area contributed by atoms with E-state index in [0.29, 0.717) is 12.1 Å². The van der Waals surface area contributed by atoms with Crippen LogP contribution in [0, 0.1) is 5.82 Å². The van der Waals surface area contributed by atoms with Crippen molar-refractivity contribution < 1.29 is 13.9 Å². The number of morpholine rings is 1. The maximum atomic E-state index is 13.4. The molecule has 1 amide bonds. The van der Waals surface area contributed by atoms with Gasteiger partial charge in [0.25, 0.3) is 5.56 Å². The molecule has 1 aromatic carbocycles. The van der Waals surface area contributed by atoms with Crippen LogP contribution in [0.25, 0.3) is 10.9 Å². The second kappa shape index (κ2) is 7.97. The quantitative estimate of drug-likeness (QED) is 0.838. The molecule has 1 aliphatic rings. The molecule has 2 unspecified atom stereocenters. The first kappa shape index (κ1) is 20.4. The van der Waals surface area contributed by atoms with Crippen LogP contribution in [-0.4, -0.2) is 57.7 Å². The third kappa shape index (κ3) is 4.56. The van der Waals surface area contributed by atoms with Crippen molar-refractivity contribution in [3.05, 3.63) is 40.7 Å². The third-order valence-corrected chi connectivity index (χ3v) is 5.09. The predicted octanol–water partition coefficient (Wildman–Crippen LogP) is 1.54. The first-order chi connectivity index (χ1) is 13.2. The average Bonchev–Trinajstić information content (AvgIpc) is 2.62. The molecule has 1 fully saturated rings. The van der Waals surface area contributed by atoms with Crippen LogP contribution in [0.4, 0.5) is 4.39 Å². The van der Waals surface area contributed by atoms with Crippen molar-refractivity contribution in [2.75, 3.05) is 19.6 Å². The van der Waals surface area contributed by atoms with E-state index in [4.69, 9.17) is 4.74 Å². The van der Waals surface area contributed by atoms with Gasteiger partial charge in [-0.05, 0) is 45.9 Å². The number of hydrogen-bond donors (Lipinski definition) is 1. The van der Waals surface area contributed by atoms with Crippen LogP contribution in [-0.2, 0) is 16.1 Å². The minimum atomic E-state index is -0.510. The van der Waals surface area contributed by atoms with E-state index in [0.717, 1.165) is 19.2 Å².